The van der Waals surface area contributed by atoms with Crippen LogP contribution in [0.5, 0.6) is 5.75 Å². The molecule has 0 bridgehead atoms. The van der Waals surface area contributed by atoms with Crippen molar-refractivity contribution in [1.29, 1.82) is 0 Å². The van der Waals surface area contributed by atoms with Crippen LogP contribution < -0.4 is 15.8 Å². The smallest absolute Gasteiger partial charge is 0.173 e. The highest BCUT2D eigenvalue weighted by Gasteiger charge is 2.09. The summed E-state index contributed by atoms with van der Waals surface area (Å²) in [6, 6.07) is 7.52. The number of nitrogens with zero attached hydrogens (tertiary/aromatic N) is 3. The van der Waals surface area contributed by atoms with Crippen LogP contribution in [-0.2, 0) is 20.1 Å². The molecule has 1 heterocycles. The Hall–Kier alpha value is -2.54. The molecular weight excluding hydrogens is 270 g/mol. The Morgan fingerprint density at radius 1 is 1.43 bits per heavy atom. The molecule has 112 valence electrons. The predicted molar refractivity (Wildman–Crippen MR) is 79.3 cm³/mol. The summed E-state index contributed by atoms with van der Waals surface area (Å²) in [5.74, 6) is 0.595. The molecule has 0 aliphatic carbocycles. The van der Waals surface area contributed by atoms with Gasteiger partial charge in [0.25, 0.3) is 0 Å². The lowest BCUT2D eigenvalue weighted by Crippen LogP contribution is -2.17. The van der Waals surface area contributed by atoms with Crippen LogP contribution in [-0.4, -0.2) is 27.9 Å². The summed E-state index contributed by atoms with van der Waals surface area (Å²) in [5.41, 5.74) is 8.20. The standard InChI is InChI=1S/C14H19N5O2/c1-19-6-5-11(17-19)9-16-8-10-3-4-13(21-2)12(7-10)14(15)18-20/h3-7,16,20H,8-9H2,1-2H3,(H2,15,18). The molecular formula is C14H19N5O2. The Bertz CT molecular complexity index is 636. The van der Waals surface area contributed by atoms with Gasteiger partial charge in [0, 0.05) is 26.3 Å². The minimum Gasteiger partial charge on any atom is -0.496 e. The van der Waals surface area contributed by atoms with E-state index in [0.29, 0.717) is 24.4 Å². The van der Waals surface area contributed by atoms with Crippen LogP contribution in [0, 0.1) is 0 Å². The van der Waals surface area contributed by atoms with Gasteiger partial charge >= 0.3 is 0 Å². The lowest BCUT2D eigenvalue weighted by Gasteiger charge is -2.10. The topological polar surface area (TPSA) is 97.7 Å². The van der Waals surface area contributed by atoms with Crippen molar-refractivity contribution in [2.75, 3.05) is 7.11 Å². The first-order valence-electron chi connectivity index (χ1n) is 6.48. The maximum absolute atomic E-state index is 8.81. The molecule has 2 aromatic rings. The SMILES string of the molecule is COc1ccc(CNCc2ccn(C)n2)cc1/C(N)=N/O. The zero-order valence-electron chi connectivity index (χ0n) is 12.1. The molecule has 0 amide bonds. The molecule has 0 radical (unpaired) electrons. The predicted octanol–water partition coefficient (Wildman–Crippen LogP) is 0.813. The van der Waals surface area contributed by atoms with Gasteiger partial charge in [0.1, 0.15) is 5.75 Å². The van der Waals surface area contributed by atoms with E-state index in [9.17, 15) is 0 Å². The van der Waals surface area contributed by atoms with E-state index >= 15 is 0 Å². The first kappa shape index (κ1) is 14.9. The van der Waals surface area contributed by atoms with E-state index in [4.69, 9.17) is 15.7 Å². The Morgan fingerprint density at radius 3 is 2.86 bits per heavy atom. The Kier molecular flexibility index (Phi) is 4.78. The van der Waals surface area contributed by atoms with Gasteiger partial charge in [-0.3, -0.25) is 4.68 Å². The summed E-state index contributed by atoms with van der Waals surface area (Å²) >= 11 is 0. The molecule has 0 atom stereocenters. The zero-order chi connectivity index (χ0) is 15.2. The number of aromatic nitrogens is 2. The molecule has 4 N–H and O–H groups in total. The van der Waals surface area contributed by atoms with Crippen LogP contribution in [0.4, 0.5) is 0 Å². The monoisotopic (exact) mass is 289 g/mol. The number of aryl methyl sites for hydroxylation is 1. The number of hydrogen-bond donors (Lipinski definition) is 3. The van der Waals surface area contributed by atoms with Gasteiger partial charge in [-0.15, -0.1) is 0 Å². The fraction of sp³-hybridized carbons (Fsp3) is 0.286. The maximum atomic E-state index is 8.81. The lowest BCUT2D eigenvalue weighted by molar-refractivity contribution is 0.318. The van der Waals surface area contributed by atoms with E-state index in [2.05, 4.69) is 15.6 Å². The van der Waals surface area contributed by atoms with Crippen LogP contribution >= 0.6 is 0 Å². The summed E-state index contributed by atoms with van der Waals surface area (Å²) in [5, 5.41) is 19.4. The van der Waals surface area contributed by atoms with Gasteiger partial charge in [-0.05, 0) is 23.8 Å². The fourth-order valence-electron chi connectivity index (χ4n) is 2.01. The molecule has 0 saturated carbocycles. The third-order valence-electron chi connectivity index (χ3n) is 3.05. The molecule has 0 aliphatic heterocycles. The van der Waals surface area contributed by atoms with Gasteiger partial charge in [0.05, 0.1) is 18.4 Å². The molecule has 1 aromatic heterocycles. The van der Waals surface area contributed by atoms with Crippen molar-refractivity contribution >= 4 is 5.84 Å². The zero-order valence-corrected chi connectivity index (χ0v) is 12.1. The van der Waals surface area contributed by atoms with E-state index < -0.39 is 0 Å². The fourth-order valence-corrected chi connectivity index (χ4v) is 2.01. The molecule has 7 nitrogen and oxygen atoms in total. The second kappa shape index (κ2) is 6.76. The first-order valence-corrected chi connectivity index (χ1v) is 6.48. The number of hydrogen-bond acceptors (Lipinski definition) is 5. The lowest BCUT2D eigenvalue weighted by atomic mass is 10.1. The van der Waals surface area contributed by atoms with Crippen LogP contribution in [0.3, 0.4) is 0 Å². The Labute approximate surface area is 123 Å². The minimum atomic E-state index is 0.0263. The number of benzene rings is 1. The minimum absolute atomic E-state index is 0.0263. The molecule has 0 spiro atoms. The van der Waals surface area contributed by atoms with E-state index in [-0.39, 0.29) is 5.84 Å². The molecule has 7 heteroatoms. The third kappa shape index (κ3) is 3.73. The molecule has 0 saturated heterocycles. The summed E-state index contributed by atoms with van der Waals surface area (Å²) in [6.45, 7) is 1.32. The van der Waals surface area contributed by atoms with Gasteiger partial charge in [0.15, 0.2) is 5.84 Å². The quantitative estimate of drug-likeness (QED) is 0.316. The molecule has 0 aliphatic rings. The van der Waals surface area contributed by atoms with Gasteiger partial charge in [0.2, 0.25) is 0 Å². The molecule has 1 aromatic carbocycles. The van der Waals surface area contributed by atoms with Crippen molar-refractivity contribution in [3.05, 3.63) is 47.3 Å². The second-order valence-corrected chi connectivity index (χ2v) is 4.60. The number of rotatable bonds is 6. The van der Waals surface area contributed by atoms with Gasteiger partial charge < -0.3 is 21.0 Å². The van der Waals surface area contributed by atoms with Gasteiger partial charge in [-0.1, -0.05) is 11.2 Å². The largest absolute Gasteiger partial charge is 0.496 e. The van der Waals surface area contributed by atoms with Crippen LogP contribution in [0.15, 0.2) is 35.6 Å². The number of oxime groups is 1. The van der Waals surface area contributed by atoms with Crippen molar-refractivity contribution in [1.82, 2.24) is 15.1 Å². The second-order valence-electron chi connectivity index (χ2n) is 4.60. The van der Waals surface area contributed by atoms with Gasteiger partial charge in [-0.2, -0.15) is 5.10 Å². The molecule has 21 heavy (non-hydrogen) atoms. The molecule has 2 rings (SSSR count). The highest BCUT2D eigenvalue weighted by atomic mass is 16.5. The summed E-state index contributed by atoms with van der Waals surface area (Å²) in [6.07, 6.45) is 1.90. The Balaban J connectivity index is 2.03. The highest BCUT2D eigenvalue weighted by molar-refractivity contribution is 5.99. The van der Waals surface area contributed by atoms with Crippen LogP contribution in [0.2, 0.25) is 0 Å². The average molecular weight is 289 g/mol. The number of ether oxygens (including phenoxy) is 1. The third-order valence-corrected chi connectivity index (χ3v) is 3.05. The van der Waals surface area contributed by atoms with Gasteiger partial charge in [-0.25, -0.2) is 0 Å². The van der Waals surface area contributed by atoms with Crippen molar-refractivity contribution in [2.45, 2.75) is 13.1 Å². The van der Waals surface area contributed by atoms with Crippen molar-refractivity contribution in [3.63, 3.8) is 0 Å². The Morgan fingerprint density at radius 2 is 2.24 bits per heavy atom. The van der Waals surface area contributed by atoms with E-state index in [1.54, 1.807) is 17.9 Å². The van der Waals surface area contributed by atoms with E-state index in [0.717, 1.165) is 11.3 Å². The molecule has 0 fully saturated rings. The highest BCUT2D eigenvalue weighted by Crippen LogP contribution is 2.19. The average Bonchev–Trinajstić information content (AvgIpc) is 2.91. The van der Waals surface area contributed by atoms with E-state index in [1.165, 1.54) is 0 Å². The van der Waals surface area contributed by atoms with Crippen molar-refractivity contribution in [3.8, 4) is 5.75 Å². The number of amidine groups is 1. The summed E-state index contributed by atoms with van der Waals surface area (Å²) in [7, 11) is 3.43. The summed E-state index contributed by atoms with van der Waals surface area (Å²) in [4.78, 5) is 0. The summed E-state index contributed by atoms with van der Waals surface area (Å²) < 4.78 is 6.96. The number of nitrogens with two attached hydrogens (primary N) is 1. The number of methoxy groups -OCH3 is 1. The van der Waals surface area contributed by atoms with Crippen molar-refractivity contribution in [2.24, 2.45) is 17.9 Å². The maximum Gasteiger partial charge on any atom is 0.173 e. The molecule has 0 unspecified atom stereocenters. The first-order chi connectivity index (χ1) is 10.1. The van der Waals surface area contributed by atoms with E-state index in [1.807, 2.05) is 31.4 Å². The van der Waals surface area contributed by atoms with Crippen LogP contribution in [0.1, 0.15) is 16.8 Å². The normalized spacial score (nSPS) is 11.6. The number of nitrogens with one attached hydrogen (secondary N) is 1. The van der Waals surface area contributed by atoms with Crippen molar-refractivity contribution < 1.29 is 9.94 Å². The van der Waals surface area contributed by atoms with Crippen LogP contribution in [0.25, 0.3) is 0 Å².